The lowest BCUT2D eigenvalue weighted by Gasteiger charge is -2.31. The number of hydrogen-bond acceptors (Lipinski definition) is 9. The third-order valence-electron chi connectivity index (χ3n) is 5.45. The van der Waals surface area contributed by atoms with Gasteiger partial charge in [0.05, 0.1) is 23.2 Å². The van der Waals surface area contributed by atoms with Crippen molar-refractivity contribution in [1.29, 1.82) is 0 Å². The topological polar surface area (TPSA) is 128 Å². The Bertz CT molecular complexity index is 1410. The van der Waals surface area contributed by atoms with Crippen LogP contribution in [0.3, 0.4) is 0 Å². The third-order valence-corrected chi connectivity index (χ3v) is 8.28. The van der Waals surface area contributed by atoms with E-state index >= 15 is 0 Å². The number of piperidine rings is 1. The number of hydrogen-bond donors (Lipinski definition) is 1. The zero-order valence-corrected chi connectivity index (χ0v) is 18.6. The summed E-state index contributed by atoms with van der Waals surface area (Å²) < 4.78 is 38.7. The van der Waals surface area contributed by atoms with Crippen molar-refractivity contribution in [2.75, 3.05) is 25.5 Å². The normalized spacial score (nSPS) is 17.6. The highest BCUT2D eigenvalue weighted by Gasteiger charge is 2.35. The van der Waals surface area contributed by atoms with Gasteiger partial charge in [0.25, 0.3) is 0 Å². The summed E-state index contributed by atoms with van der Waals surface area (Å²) in [5.74, 6) is -0.0311. The molecule has 1 amide bonds. The van der Waals surface area contributed by atoms with E-state index in [2.05, 4.69) is 20.6 Å². The molecule has 2 aromatic heterocycles. The van der Waals surface area contributed by atoms with Crippen LogP contribution in [0.4, 0.5) is 5.13 Å². The van der Waals surface area contributed by atoms with E-state index < -0.39 is 15.9 Å². The standard InChI is InChI=1S/C20H19N5O5S2/c1-29-13-7-8-14-16(10-13)31-20(21-14)22-19(26)12-4-3-9-25(11-12)32(27,28)17-6-2-5-15-18(17)24-30-23-15/h2,5-8,10,12H,3-4,9,11H2,1H3,(H,21,22,26)/t12-/m1/s1. The fourth-order valence-electron chi connectivity index (χ4n) is 3.80. The molecule has 1 aliphatic rings. The molecule has 166 valence electrons. The molecule has 0 spiro atoms. The quantitative estimate of drug-likeness (QED) is 0.469. The molecule has 1 fully saturated rings. The number of thiazole rings is 1. The van der Waals surface area contributed by atoms with E-state index in [9.17, 15) is 13.2 Å². The Morgan fingerprint density at radius 2 is 2.12 bits per heavy atom. The van der Waals surface area contributed by atoms with Crippen LogP contribution < -0.4 is 10.1 Å². The van der Waals surface area contributed by atoms with Crippen LogP contribution in [0.1, 0.15) is 12.8 Å². The van der Waals surface area contributed by atoms with Crippen LogP contribution in [-0.2, 0) is 14.8 Å². The van der Waals surface area contributed by atoms with Crippen molar-refractivity contribution in [2.24, 2.45) is 5.92 Å². The summed E-state index contributed by atoms with van der Waals surface area (Å²) in [5, 5.41) is 10.8. The average Bonchev–Trinajstić information content (AvgIpc) is 3.44. The van der Waals surface area contributed by atoms with Crippen molar-refractivity contribution in [3.05, 3.63) is 36.4 Å². The Morgan fingerprint density at radius 3 is 2.97 bits per heavy atom. The summed E-state index contributed by atoms with van der Waals surface area (Å²) in [5.41, 5.74) is 1.31. The second-order valence-corrected chi connectivity index (χ2v) is 10.4. The Hall–Kier alpha value is -3.09. The minimum atomic E-state index is -3.86. The number of anilines is 1. The van der Waals surface area contributed by atoms with Gasteiger partial charge < -0.3 is 10.1 Å². The number of sulfonamides is 1. The van der Waals surface area contributed by atoms with Gasteiger partial charge in [-0.3, -0.25) is 4.79 Å². The molecule has 32 heavy (non-hydrogen) atoms. The number of methoxy groups -OCH3 is 1. The van der Waals surface area contributed by atoms with Crippen LogP contribution >= 0.6 is 11.3 Å². The summed E-state index contributed by atoms with van der Waals surface area (Å²) in [4.78, 5) is 17.4. The molecule has 0 radical (unpaired) electrons. The van der Waals surface area contributed by atoms with E-state index in [0.29, 0.717) is 35.8 Å². The Kier molecular flexibility index (Phi) is 5.27. The lowest BCUT2D eigenvalue weighted by Crippen LogP contribution is -2.43. The molecule has 1 saturated heterocycles. The maximum Gasteiger partial charge on any atom is 0.245 e. The molecule has 12 heteroatoms. The molecule has 2 aromatic carbocycles. The summed E-state index contributed by atoms with van der Waals surface area (Å²) in [7, 11) is -2.27. The molecule has 1 aliphatic heterocycles. The summed E-state index contributed by atoms with van der Waals surface area (Å²) in [6, 6.07) is 10.2. The molecule has 1 atom stereocenters. The monoisotopic (exact) mass is 473 g/mol. The number of amides is 1. The highest BCUT2D eigenvalue weighted by atomic mass is 32.2. The molecule has 0 saturated carbocycles. The fraction of sp³-hybridized carbons (Fsp3) is 0.300. The highest BCUT2D eigenvalue weighted by Crippen LogP contribution is 2.31. The Balaban J connectivity index is 1.34. The van der Waals surface area contributed by atoms with Crippen molar-refractivity contribution in [2.45, 2.75) is 17.7 Å². The lowest BCUT2D eigenvalue weighted by atomic mass is 9.99. The summed E-state index contributed by atoms with van der Waals surface area (Å²) >= 11 is 1.34. The number of ether oxygens (including phenoxy) is 1. The van der Waals surface area contributed by atoms with E-state index in [1.807, 2.05) is 18.2 Å². The van der Waals surface area contributed by atoms with Gasteiger partial charge in [-0.15, -0.1) is 0 Å². The molecular formula is C20H19N5O5S2. The zero-order chi connectivity index (χ0) is 22.3. The van der Waals surface area contributed by atoms with Gasteiger partial charge in [0, 0.05) is 13.1 Å². The van der Waals surface area contributed by atoms with Crippen LogP contribution in [0.15, 0.2) is 45.9 Å². The van der Waals surface area contributed by atoms with E-state index in [0.717, 1.165) is 10.2 Å². The number of rotatable bonds is 5. The van der Waals surface area contributed by atoms with Gasteiger partial charge in [0.1, 0.15) is 16.2 Å². The van der Waals surface area contributed by atoms with Crippen molar-refractivity contribution in [1.82, 2.24) is 19.6 Å². The number of aromatic nitrogens is 3. The molecule has 4 aromatic rings. The van der Waals surface area contributed by atoms with Gasteiger partial charge in [-0.25, -0.2) is 18.0 Å². The van der Waals surface area contributed by atoms with Crippen molar-refractivity contribution in [3.8, 4) is 5.75 Å². The van der Waals surface area contributed by atoms with Crippen molar-refractivity contribution >= 4 is 53.6 Å². The van der Waals surface area contributed by atoms with Gasteiger partial charge in [0.2, 0.25) is 15.9 Å². The average molecular weight is 474 g/mol. The van der Waals surface area contributed by atoms with E-state index in [4.69, 9.17) is 9.37 Å². The third kappa shape index (κ3) is 3.70. The van der Waals surface area contributed by atoms with Crippen LogP contribution in [0, 0.1) is 5.92 Å². The highest BCUT2D eigenvalue weighted by molar-refractivity contribution is 7.89. The van der Waals surface area contributed by atoms with Crippen LogP contribution in [0.25, 0.3) is 21.3 Å². The second kappa shape index (κ2) is 8.11. The molecule has 3 heterocycles. The lowest BCUT2D eigenvalue weighted by molar-refractivity contribution is -0.120. The number of carbonyl (C=O) groups is 1. The van der Waals surface area contributed by atoms with Gasteiger partial charge in [0.15, 0.2) is 10.6 Å². The van der Waals surface area contributed by atoms with Crippen molar-refractivity contribution in [3.63, 3.8) is 0 Å². The van der Waals surface area contributed by atoms with E-state index in [1.165, 1.54) is 21.7 Å². The smallest absolute Gasteiger partial charge is 0.245 e. The zero-order valence-electron chi connectivity index (χ0n) is 17.0. The predicted octanol–water partition coefficient (Wildman–Crippen LogP) is 2.88. The molecular weight excluding hydrogens is 454 g/mol. The SMILES string of the molecule is COc1ccc2nc(NC(=O)[C@@H]3CCCN(S(=O)(=O)c4cccc5nonc45)C3)sc2c1. The molecule has 1 N–H and O–H groups in total. The minimum Gasteiger partial charge on any atom is -0.497 e. The van der Waals surface area contributed by atoms with Gasteiger partial charge >= 0.3 is 0 Å². The summed E-state index contributed by atoms with van der Waals surface area (Å²) in [6.45, 7) is 0.406. The van der Waals surface area contributed by atoms with Crippen LogP contribution in [-0.4, -0.2) is 54.1 Å². The fourth-order valence-corrected chi connectivity index (χ4v) is 6.35. The first-order chi connectivity index (χ1) is 15.5. The second-order valence-electron chi connectivity index (χ2n) is 7.43. The van der Waals surface area contributed by atoms with Crippen LogP contribution in [0.5, 0.6) is 5.75 Å². The van der Waals surface area contributed by atoms with E-state index in [-0.39, 0.29) is 22.9 Å². The van der Waals surface area contributed by atoms with Crippen LogP contribution in [0.2, 0.25) is 0 Å². The number of benzene rings is 2. The summed E-state index contributed by atoms with van der Waals surface area (Å²) in [6.07, 6.45) is 1.16. The molecule has 10 nitrogen and oxygen atoms in total. The molecule has 0 unspecified atom stereocenters. The first-order valence-corrected chi connectivity index (χ1v) is 12.2. The predicted molar refractivity (Wildman–Crippen MR) is 118 cm³/mol. The number of carbonyl (C=O) groups excluding carboxylic acids is 1. The number of nitrogens with one attached hydrogen (secondary N) is 1. The van der Waals surface area contributed by atoms with Gasteiger partial charge in [-0.1, -0.05) is 17.4 Å². The van der Waals surface area contributed by atoms with Gasteiger partial charge in [-0.05, 0) is 53.5 Å². The maximum atomic E-state index is 13.3. The molecule has 5 rings (SSSR count). The Labute approximate surface area is 187 Å². The van der Waals surface area contributed by atoms with E-state index in [1.54, 1.807) is 19.2 Å². The van der Waals surface area contributed by atoms with Crippen molar-refractivity contribution < 1.29 is 22.6 Å². The largest absolute Gasteiger partial charge is 0.497 e. The Morgan fingerprint density at radius 1 is 1.25 bits per heavy atom. The number of nitrogens with zero attached hydrogens (tertiary/aromatic N) is 4. The molecule has 0 bridgehead atoms. The first-order valence-electron chi connectivity index (χ1n) is 9.92. The molecule has 0 aliphatic carbocycles. The van der Waals surface area contributed by atoms with Gasteiger partial charge in [-0.2, -0.15) is 4.31 Å². The minimum absolute atomic E-state index is 0.0254. The maximum absolute atomic E-state index is 13.3. The number of fused-ring (bicyclic) bond motifs is 2. The first kappa shape index (κ1) is 20.8.